The van der Waals surface area contributed by atoms with E-state index < -0.39 is 83.0 Å². The van der Waals surface area contributed by atoms with Crippen molar-refractivity contribution in [3.05, 3.63) is 0 Å². The minimum absolute atomic E-state index is 0.881. The van der Waals surface area contributed by atoms with Crippen LogP contribution in [-0.2, 0) is 4.43 Å². The molecule has 0 saturated carbocycles. The highest BCUT2D eigenvalue weighted by atomic mass is 28.2. The molecule has 2 nitrogen and oxygen atoms in total. The summed E-state index contributed by atoms with van der Waals surface area (Å²) in [5.74, 6) is -78.1. The summed E-state index contributed by atoms with van der Waals surface area (Å²) < 4.78 is 387. The van der Waals surface area contributed by atoms with Gasteiger partial charge in [-0.15, -0.1) is 48.3 Å². The van der Waals surface area contributed by atoms with E-state index in [9.17, 15) is 132 Å². The minimum atomic E-state index is -10.2. The van der Waals surface area contributed by atoms with Crippen molar-refractivity contribution in [1.29, 1.82) is 0 Å². The van der Waals surface area contributed by atoms with Gasteiger partial charge in [-0.3, -0.25) is 0 Å². The summed E-state index contributed by atoms with van der Waals surface area (Å²) in [5, 5.41) is 0. The molecule has 0 aliphatic heterocycles. The van der Waals surface area contributed by atoms with Crippen molar-refractivity contribution in [2.45, 2.75) is 85.4 Å². The topological polar surface area (TPSA) is 9.23 Å². The van der Waals surface area contributed by atoms with Gasteiger partial charge in [-0.2, -0.15) is 83.4 Å². The molecule has 0 saturated heterocycles. The molecule has 0 heterocycles. The van der Waals surface area contributed by atoms with Crippen LogP contribution in [0.1, 0.15) is 6.92 Å². The Morgan fingerprint density at radius 3 is 0.667 bits per heavy atom. The van der Waals surface area contributed by atoms with Crippen molar-refractivity contribution in [2.24, 2.45) is 0 Å². The highest BCUT2D eigenvalue weighted by Gasteiger charge is 3.05. The lowest BCUT2D eigenvalue weighted by Gasteiger charge is -2.48. The summed E-state index contributed by atoms with van der Waals surface area (Å²) in [4.78, 5) is 0. The number of hydrogen-bond acceptors (Lipinski definition) is 1. The molecule has 0 fully saturated rings. The van der Waals surface area contributed by atoms with Crippen LogP contribution in [0.2, 0.25) is 0 Å². The molecule has 0 radical (unpaired) electrons. The van der Waals surface area contributed by atoms with Crippen molar-refractivity contribution < 1.29 is 141 Å². The molecule has 0 bridgehead atoms. The van der Waals surface area contributed by atoms with E-state index in [1.54, 1.807) is 0 Å². The fourth-order valence-electron chi connectivity index (χ4n) is 2.67. The summed E-state index contributed by atoms with van der Waals surface area (Å²) in [6.07, 6.45) is -36.2. The van der Waals surface area contributed by atoms with Gasteiger partial charge in [0.2, 0.25) is 0 Å². The van der Waals surface area contributed by atoms with Gasteiger partial charge < -0.3 is 4.43 Å². The second-order valence-corrected chi connectivity index (χ2v) is 8.86. The monoisotopic (exact) mass is 816 g/mol. The lowest BCUT2D eigenvalue weighted by atomic mass is 9.86. The smallest absolute Gasteiger partial charge is 0.428 e. The molecule has 0 spiro atoms. The molecule has 292 valence electrons. The SMILES string of the molecule is CCO[SiH3].FC(F)(F)C(F)(F)C(F)(F)C(F)(F)C(F)(F)C(F)(F)C(F)(F)C(F)(F)C(F)(F)C(F)(F)[N+](C(F)(F)F)(C(F)(F)F)C(F)(F)F. The number of halogens is 30. The molecular weight excluding hydrogens is 808 g/mol. The maximum atomic E-state index is 13.8. The fraction of sp³-hybridized carbons (Fsp3) is 1.00. The van der Waals surface area contributed by atoms with E-state index in [-0.39, 0.29) is 0 Å². The first kappa shape index (κ1) is 48.2. The van der Waals surface area contributed by atoms with Gasteiger partial charge in [0.05, 0.1) is 0 Å². The Bertz CT molecular complexity index is 1050. The maximum absolute atomic E-state index is 13.8. The minimum Gasteiger partial charge on any atom is -0.428 e. The molecule has 0 aliphatic carbocycles. The normalized spacial score (nSPS) is 16.6. The Morgan fingerprint density at radius 2 is 0.521 bits per heavy atom. The third kappa shape index (κ3) is 6.06. The Kier molecular flexibility index (Phi) is 12.4. The molecule has 48 heavy (non-hydrogen) atoms. The molecule has 0 aromatic heterocycles. The second kappa shape index (κ2) is 12.4. The van der Waals surface area contributed by atoms with Gasteiger partial charge in [0.1, 0.15) is 10.5 Å². The van der Waals surface area contributed by atoms with Crippen molar-refractivity contribution in [1.82, 2.24) is 0 Å². The Hall–Kier alpha value is -1.96. The molecule has 0 unspecified atom stereocenters. The highest BCUT2D eigenvalue weighted by molar-refractivity contribution is 5.97. The first-order valence-electron chi connectivity index (χ1n) is 10.2. The quantitative estimate of drug-likeness (QED) is 0.0928. The van der Waals surface area contributed by atoms with Crippen LogP contribution in [0.15, 0.2) is 0 Å². The zero-order chi connectivity index (χ0) is 40.4. The molecule has 0 aliphatic rings. The van der Waals surface area contributed by atoms with Crippen LogP contribution in [0.5, 0.6) is 0 Å². The van der Waals surface area contributed by atoms with E-state index >= 15 is 0 Å². The lowest BCUT2D eigenvalue weighted by Crippen LogP contribution is -2.86. The van der Waals surface area contributed by atoms with Crippen LogP contribution < -0.4 is 0 Å². The maximum Gasteiger partial charge on any atom is 0.581 e. The first-order chi connectivity index (χ1) is 20.2. The number of alkyl halides is 30. The van der Waals surface area contributed by atoms with Gasteiger partial charge in [0.15, 0.2) is 0 Å². The van der Waals surface area contributed by atoms with Gasteiger partial charge in [0, 0.05) is 11.1 Å². The Morgan fingerprint density at radius 1 is 0.354 bits per heavy atom. The third-order valence-corrected chi connectivity index (χ3v) is 5.92. The van der Waals surface area contributed by atoms with E-state index in [4.69, 9.17) is 0 Å². The highest BCUT2D eigenvalue weighted by Crippen LogP contribution is 2.69. The van der Waals surface area contributed by atoms with Gasteiger partial charge in [-0.1, -0.05) is 0 Å². The summed E-state index contributed by atoms with van der Waals surface area (Å²) >= 11 is 0. The van der Waals surface area contributed by atoms with Gasteiger partial charge >= 0.3 is 78.5 Å². The zero-order valence-electron chi connectivity index (χ0n) is 21.4. The van der Waals surface area contributed by atoms with Crippen LogP contribution in [0.25, 0.3) is 0 Å². The van der Waals surface area contributed by atoms with Crippen molar-refractivity contribution in [3.8, 4) is 0 Å². The summed E-state index contributed by atoms with van der Waals surface area (Å²) in [6, 6.07) is -10.2. The summed E-state index contributed by atoms with van der Waals surface area (Å²) in [6.45, 7) is 2.87. The third-order valence-electron chi connectivity index (χ3n) is 5.35. The Balaban J connectivity index is 0. The van der Waals surface area contributed by atoms with Gasteiger partial charge in [-0.05, 0) is 6.92 Å². The fourth-order valence-corrected chi connectivity index (χ4v) is 2.67. The molecule has 0 aromatic carbocycles. The molecule has 0 amide bonds. The van der Waals surface area contributed by atoms with E-state index in [1.807, 2.05) is 6.92 Å². The van der Waals surface area contributed by atoms with Gasteiger partial charge in [0.25, 0.3) is 0 Å². The molecular formula is C15H8F30NOSi+. The van der Waals surface area contributed by atoms with Crippen molar-refractivity contribution in [2.75, 3.05) is 6.61 Å². The van der Waals surface area contributed by atoms with Crippen LogP contribution in [0.3, 0.4) is 0 Å². The number of quaternary nitrogens is 1. The van der Waals surface area contributed by atoms with Crippen molar-refractivity contribution in [3.63, 3.8) is 0 Å². The molecule has 0 aromatic rings. The molecule has 0 rings (SSSR count). The predicted octanol–water partition coefficient (Wildman–Crippen LogP) is 8.90. The van der Waals surface area contributed by atoms with Crippen LogP contribution in [0, 0.1) is 0 Å². The van der Waals surface area contributed by atoms with E-state index in [2.05, 4.69) is 4.43 Å². The molecule has 0 atom stereocenters. The lowest BCUT2D eigenvalue weighted by molar-refractivity contribution is -1.22. The molecule has 0 N–H and O–H groups in total. The average molecular weight is 816 g/mol. The predicted molar refractivity (Wildman–Crippen MR) is 90.6 cm³/mol. The van der Waals surface area contributed by atoms with E-state index in [0.29, 0.717) is 0 Å². The van der Waals surface area contributed by atoms with Gasteiger partial charge in [-0.25, -0.2) is 0 Å². The summed E-state index contributed by atoms with van der Waals surface area (Å²) in [7, 11) is 0.890. The number of rotatable bonds is 10. The molecule has 33 heteroatoms. The zero-order valence-corrected chi connectivity index (χ0v) is 23.4. The number of hydrogen-bond donors (Lipinski definition) is 0. The van der Waals surface area contributed by atoms with Crippen LogP contribution in [-0.4, -0.2) is 100 Å². The summed E-state index contributed by atoms with van der Waals surface area (Å²) in [5.41, 5.74) is 0. The second-order valence-electron chi connectivity index (χ2n) is 8.29. The Labute approximate surface area is 244 Å². The van der Waals surface area contributed by atoms with Crippen molar-refractivity contribution >= 4 is 10.5 Å². The first-order valence-corrected chi connectivity index (χ1v) is 11.0. The number of nitrogens with zero attached hydrogens (tertiary/aromatic N) is 1. The average Bonchev–Trinajstić information content (AvgIpc) is 2.79. The largest absolute Gasteiger partial charge is 0.581 e. The van der Waals surface area contributed by atoms with E-state index in [0.717, 1.165) is 17.1 Å². The van der Waals surface area contributed by atoms with Crippen LogP contribution in [0.4, 0.5) is 132 Å². The van der Waals surface area contributed by atoms with E-state index in [1.165, 1.54) is 0 Å². The standard InChI is InChI=1S/C13F30N.C2H8OSi/c14-1(15,3(18,19)5(22,23)7(26,27)9(30,31)32)2(16,17)4(20,21)6(24,25)8(28,29)10(33,34)44(11(35,36)37,12(38,39)40)13(41,42)43;1-2-3-4/h;2H2,1,4H3/q+1;. The van der Waals surface area contributed by atoms with Crippen LogP contribution >= 0.6 is 0 Å².